The van der Waals surface area contributed by atoms with Gasteiger partial charge in [0.1, 0.15) is 12.4 Å². The van der Waals surface area contributed by atoms with Crippen molar-refractivity contribution in [3.05, 3.63) is 65.7 Å². The van der Waals surface area contributed by atoms with Crippen LogP contribution in [-0.2, 0) is 17.9 Å². The van der Waals surface area contributed by atoms with E-state index in [0.717, 1.165) is 16.9 Å². The molecule has 3 rings (SSSR count). The second-order valence-electron chi connectivity index (χ2n) is 6.13. The second kappa shape index (κ2) is 7.61. The Morgan fingerprint density at radius 3 is 2.44 bits per heavy atom. The van der Waals surface area contributed by atoms with E-state index in [1.54, 1.807) is 0 Å². The predicted octanol–water partition coefficient (Wildman–Crippen LogP) is 2.88. The van der Waals surface area contributed by atoms with Crippen LogP contribution in [0.1, 0.15) is 17.5 Å². The number of halogens is 2. The fourth-order valence-electron chi connectivity index (χ4n) is 2.65. The molecule has 2 N–H and O–H groups in total. The van der Waals surface area contributed by atoms with E-state index in [-0.39, 0.29) is 0 Å². The van der Waals surface area contributed by atoms with Crippen LogP contribution >= 0.6 is 0 Å². The van der Waals surface area contributed by atoms with E-state index in [9.17, 15) is 13.6 Å². The molecule has 1 atom stereocenters. The van der Waals surface area contributed by atoms with Crippen LogP contribution in [-0.4, -0.2) is 24.4 Å². The summed E-state index contributed by atoms with van der Waals surface area (Å²) in [7, 11) is 0. The molecule has 0 bridgehead atoms. The third kappa shape index (κ3) is 5.00. The zero-order chi connectivity index (χ0) is 17.7. The Hall–Kier alpha value is -2.47. The first-order valence-electron chi connectivity index (χ1n) is 8.16. The zero-order valence-electron chi connectivity index (χ0n) is 13.7. The normalized spacial score (nSPS) is 18.7. The summed E-state index contributed by atoms with van der Waals surface area (Å²) in [5, 5.41) is 5.24. The van der Waals surface area contributed by atoms with E-state index >= 15 is 0 Å². The Balaban J connectivity index is 1.45. The van der Waals surface area contributed by atoms with Crippen LogP contribution in [0.5, 0.6) is 5.75 Å². The molecule has 1 unspecified atom stereocenters. The molecule has 132 valence electrons. The standard InChI is InChI=1S/C19H20F2N2O2/c20-19(21)10-17(23-13-19)18(24)22-11-14-6-8-15(9-7-14)12-25-16-4-2-1-3-5-16/h1-9,17,23H,10-13H2,(H,22,24). The minimum atomic E-state index is -2.80. The maximum Gasteiger partial charge on any atom is 0.262 e. The Morgan fingerprint density at radius 2 is 1.80 bits per heavy atom. The maximum absolute atomic E-state index is 13.1. The van der Waals surface area contributed by atoms with Gasteiger partial charge in [0, 0.05) is 13.0 Å². The van der Waals surface area contributed by atoms with Crippen LogP contribution in [0.15, 0.2) is 54.6 Å². The van der Waals surface area contributed by atoms with Crippen molar-refractivity contribution in [1.29, 1.82) is 0 Å². The summed E-state index contributed by atoms with van der Waals surface area (Å²) in [5.74, 6) is -2.39. The molecule has 0 saturated carbocycles. The molecule has 1 saturated heterocycles. The van der Waals surface area contributed by atoms with Gasteiger partial charge >= 0.3 is 0 Å². The van der Waals surface area contributed by atoms with E-state index in [0.29, 0.717) is 13.2 Å². The first-order valence-corrected chi connectivity index (χ1v) is 8.16. The van der Waals surface area contributed by atoms with Crippen LogP contribution in [0.4, 0.5) is 8.78 Å². The quantitative estimate of drug-likeness (QED) is 0.846. The molecule has 2 aromatic rings. The van der Waals surface area contributed by atoms with Gasteiger partial charge in [-0.15, -0.1) is 0 Å². The van der Waals surface area contributed by atoms with Gasteiger partial charge in [0.2, 0.25) is 5.91 Å². The van der Waals surface area contributed by atoms with E-state index in [1.165, 1.54) is 0 Å². The first kappa shape index (κ1) is 17.4. The van der Waals surface area contributed by atoms with E-state index in [1.807, 2.05) is 54.6 Å². The lowest BCUT2D eigenvalue weighted by atomic mass is 10.1. The number of amides is 1. The molecular weight excluding hydrogens is 326 g/mol. The summed E-state index contributed by atoms with van der Waals surface area (Å²) in [6, 6.07) is 16.3. The number of benzene rings is 2. The van der Waals surface area contributed by atoms with Crippen LogP contribution < -0.4 is 15.4 Å². The summed E-state index contributed by atoms with van der Waals surface area (Å²) in [5.41, 5.74) is 1.91. The van der Waals surface area contributed by atoms with Crippen molar-refractivity contribution >= 4 is 5.91 Å². The summed E-state index contributed by atoms with van der Waals surface area (Å²) in [4.78, 5) is 11.9. The molecular formula is C19H20F2N2O2. The van der Waals surface area contributed by atoms with Gasteiger partial charge in [0.05, 0.1) is 12.6 Å². The fraction of sp³-hybridized carbons (Fsp3) is 0.316. The SMILES string of the molecule is O=C(NCc1ccc(COc2ccccc2)cc1)C1CC(F)(F)CN1. The number of nitrogens with one attached hydrogen (secondary N) is 2. The molecule has 0 aliphatic carbocycles. The Morgan fingerprint density at radius 1 is 1.12 bits per heavy atom. The monoisotopic (exact) mass is 346 g/mol. The van der Waals surface area contributed by atoms with E-state index < -0.39 is 30.8 Å². The summed E-state index contributed by atoms with van der Waals surface area (Å²) < 4.78 is 31.9. The second-order valence-corrected chi connectivity index (χ2v) is 6.13. The van der Waals surface area contributed by atoms with Crippen LogP contribution in [0.2, 0.25) is 0 Å². The largest absolute Gasteiger partial charge is 0.489 e. The summed E-state index contributed by atoms with van der Waals surface area (Å²) in [6.07, 6.45) is -0.450. The van der Waals surface area contributed by atoms with Crippen molar-refractivity contribution in [2.45, 2.75) is 31.5 Å². The summed E-state index contributed by atoms with van der Waals surface area (Å²) in [6.45, 7) is 0.321. The van der Waals surface area contributed by atoms with Gasteiger partial charge in [-0.3, -0.25) is 10.1 Å². The van der Waals surface area contributed by atoms with Gasteiger partial charge in [-0.2, -0.15) is 0 Å². The summed E-state index contributed by atoms with van der Waals surface area (Å²) >= 11 is 0. The molecule has 4 nitrogen and oxygen atoms in total. The van der Waals surface area contributed by atoms with Crippen molar-refractivity contribution in [3.63, 3.8) is 0 Å². The maximum atomic E-state index is 13.1. The lowest BCUT2D eigenvalue weighted by Crippen LogP contribution is -2.40. The van der Waals surface area contributed by atoms with Crippen molar-refractivity contribution in [3.8, 4) is 5.75 Å². The van der Waals surface area contributed by atoms with Gasteiger partial charge in [0.25, 0.3) is 5.92 Å². The van der Waals surface area contributed by atoms with Crippen molar-refractivity contribution in [2.75, 3.05) is 6.54 Å². The molecule has 2 aromatic carbocycles. The van der Waals surface area contributed by atoms with Crippen molar-refractivity contribution in [1.82, 2.24) is 10.6 Å². The number of carbonyl (C=O) groups is 1. The number of ether oxygens (including phenoxy) is 1. The predicted molar refractivity (Wildman–Crippen MR) is 90.4 cm³/mol. The molecule has 0 aromatic heterocycles. The number of hydrogen-bond acceptors (Lipinski definition) is 3. The number of alkyl halides is 2. The highest BCUT2D eigenvalue weighted by Gasteiger charge is 2.42. The lowest BCUT2D eigenvalue weighted by molar-refractivity contribution is -0.123. The molecule has 0 spiro atoms. The van der Waals surface area contributed by atoms with Crippen LogP contribution in [0.25, 0.3) is 0 Å². The molecule has 1 fully saturated rings. The number of hydrogen-bond donors (Lipinski definition) is 2. The van der Waals surface area contributed by atoms with Gasteiger partial charge in [-0.05, 0) is 23.3 Å². The van der Waals surface area contributed by atoms with E-state index in [4.69, 9.17) is 4.74 Å². The Kier molecular flexibility index (Phi) is 5.28. The zero-order valence-corrected chi connectivity index (χ0v) is 13.7. The average Bonchev–Trinajstić information content (AvgIpc) is 3.00. The third-order valence-corrected chi connectivity index (χ3v) is 4.06. The lowest BCUT2D eigenvalue weighted by Gasteiger charge is -2.12. The number of para-hydroxylation sites is 1. The highest BCUT2D eigenvalue weighted by atomic mass is 19.3. The van der Waals surface area contributed by atoms with E-state index in [2.05, 4.69) is 10.6 Å². The van der Waals surface area contributed by atoms with Gasteiger partial charge in [0.15, 0.2) is 0 Å². The van der Waals surface area contributed by atoms with Gasteiger partial charge in [-0.25, -0.2) is 8.78 Å². The number of carbonyl (C=O) groups excluding carboxylic acids is 1. The number of rotatable bonds is 6. The molecule has 25 heavy (non-hydrogen) atoms. The highest BCUT2D eigenvalue weighted by molar-refractivity contribution is 5.82. The fourth-order valence-corrected chi connectivity index (χ4v) is 2.65. The molecule has 6 heteroatoms. The molecule has 0 radical (unpaired) electrons. The Bertz CT molecular complexity index is 705. The van der Waals surface area contributed by atoms with Crippen molar-refractivity contribution < 1.29 is 18.3 Å². The molecule has 1 aliphatic rings. The highest BCUT2D eigenvalue weighted by Crippen LogP contribution is 2.25. The third-order valence-electron chi connectivity index (χ3n) is 4.06. The van der Waals surface area contributed by atoms with Gasteiger partial charge < -0.3 is 10.1 Å². The molecule has 1 amide bonds. The van der Waals surface area contributed by atoms with Gasteiger partial charge in [-0.1, -0.05) is 42.5 Å². The van der Waals surface area contributed by atoms with Crippen molar-refractivity contribution in [2.24, 2.45) is 0 Å². The van der Waals surface area contributed by atoms with Crippen LogP contribution in [0.3, 0.4) is 0 Å². The molecule has 1 aliphatic heterocycles. The smallest absolute Gasteiger partial charge is 0.262 e. The minimum Gasteiger partial charge on any atom is -0.489 e. The van der Waals surface area contributed by atoms with Crippen LogP contribution in [0, 0.1) is 0 Å². The molecule has 1 heterocycles. The minimum absolute atomic E-state index is 0.308. The first-order chi connectivity index (χ1) is 12.0. The average molecular weight is 346 g/mol. The topological polar surface area (TPSA) is 50.4 Å². The Labute approximate surface area is 145 Å².